The molecule has 0 bridgehead atoms. The van der Waals surface area contributed by atoms with Gasteiger partial charge in [0.15, 0.2) is 0 Å². The van der Waals surface area contributed by atoms with Gasteiger partial charge in [0.2, 0.25) is 0 Å². The van der Waals surface area contributed by atoms with E-state index in [1.165, 1.54) is 56.0 Å². The highest BCUT2D eigenvalue weighted by Crippen LogP contribution is 2.37. The standard InChI is InChI=1S/C13H21N3S/c1-11-15-12(10-17-11)9-16-8-2-3-13(16)4-6-14-7-5-13/h10,14H,2-9H2,1H3. The zero-order valence-corrected chi connectivity index (χ0v) is 11.4. The molecule has 2 fully saturated rings. The summed E-state index contributed by atoms with van der Waals surface area (Å²) in [4.78, 5) is 7.31. The summed E-state index contributed by atoms with van der Waals surface area (Å²) in [6.07, 6.45) is 5.38. The Bertz CT molecular complexity index is 382. The molecule has 3 heterocycles. The molecule has 1 aromatic rings. The van der Waals surface area contributed by atoms with E-state index in [0.29, 0.717) is 5.54 Å². The van der Waals surface area contributed by atoms with Gasteiger partial charge in [0.05, 0.1) is 10.7 Å². The maximum absolute atomic E-state index is 4.61. The lowest BCUT2D eigenvalue weighted by molar-refractivity contribution is 0.0917. The van der Waals surface area contributed by atoms with Crippen molar-refractivity contribution in [2.45, 2.75) is 44.7 Å². The van der Waals surface area contributed by atoms with E-state index in [4.69, 9.17) is 0 Å². The highest BCUT2D eigenvalue weighted by atomic mass is 32.1. The Morgan fingerprint density at radius 2 is 2.24 bits per heavy atom. The molecule has 1 spiro atoms. The number of hydrogen-bond donors (Lipinski definition) is 1. The lowest BCUT2D eigenvalue weighted by Gasteiger charge is -2.41. The number of aryl methyl sites for hydroxylation is 1. The van der Waals surface area contributed by atoms with E-state index in [0.717, 1.165) is 6.54 Å². The van der Waals surface area contributed by atoms with E-state index in [9.17, 15) is 0 Å². The monoisotopic (exact) mass is 251 g/mol. The van der Waals surface area contributed by atoms with Gasteiger partial charge in [-0.25, -0.2) is 4.98 Å². The summed E-state index contributed by atoms with van der Waals surface area (Å²) in [6, 6.07) is 0. The zero-order chi connectivity index (χ0) is 11.7. The van der Waals surface area contributed by atoms with Crippen LogP contribution in [0.3, 0.4) is 0 Å². The van der Waals surface area contributed by atoms with Gasteiger partial charge in [-0.2, -0.15) is 0 Å². The molecule has 2 aliphatic rings. The smallest absolute Gasteiger partial charge is 0.0897 e. The first-order valence-corrected chi connectivity index (χ1v) is 7.53. The van der Waals surface area contributed by atoms with Gasteiger partial charge in [-0.3, -0.25) is 4.90 Å². The van der Waals surface area contributed by atoms with Crippen LogP contribution in [-0.2, 0) is 6.54 Å². The minimum absolute atomic E-state index is 0.489. The molecule has 0 aromatic carbocycles. The topological polar surface area (TPSA) is 28.2 Å². The average molecular weight is 251 g/mol. The first-order valence-electron chi connectivity index (χ1n) is 6.65. The molecule has 0 saturated carbocycles. The Morgan fingerprint density at radius 3 is 2.94 bits per heavy atom. The van der Waals surface area contributed by atoms with Gasteiger partial charge in [0.25, 0.3) is 0 Å². The summed E-state index contributed by atoms with van der Waals surface area (Å²) in [5.41, 5.74) is 1.76. The lowest BCUT2D eigenvalue weighted by atomic mass is 9.86. The second kappa shape index (κ2) is 4.67. The van der Waals surface area contributed by atoms with Crippen LogP contribution in [0.1, 0.15) is 36.4 Å². The van der Waals surface area contributed by atoms with Gasteiger partial charge >= 0.3 is 0 Å². The molecule has 1 N–H and O–H groups in total. The summed E-state index contributed by atoms with van der Waals surface area (Å²) in [5, 5.41) is 6.90. The summed E-state index contributed by atoms with van der Waals surface area (Å²) in [5.74, 6) is 0. The first kappa shape index (κ1) is 11.6. The molecule has 1 aromatic heterocycles. The van der Waals surface area contributed by atoms with Crippen molar-refractivity contribution in [1.29, 1.82) is 0 Å². The quantitative estimate of drug-likeness (QED) is 0.873. The van der Waals surface area contributed by atoms with Crippen molar-refractivity contribution in [3.8, 4) is 0 Å². The van der Waals surface area contributed by atoms with Gasteiger partial charge in [-0.1, -0.05) is 0 Å². The third-order valence-electron chi connectivity index (χ3n) is 4.29. The number of nitrogens with zero attached hydrogens (tertiary/aromatic N) is 2. The van der Waals surface area contributed by atoms with Gasteiger partial charge in [-0.15, -0.1) is 11.3 Å². The zero-order valence-electron chi connectivity index (χ0n) is 10.5. The number of hydrogen-bond acceptors (Lipinski definition) is 4. The van der Waals surface area contributed by atoms with Crippen LogP contribution in [0.2, 0.25) is 0 Å². The van der Waals surface area contributed by atoms with E-state index < -0.39 is 0 Å². The maximum atomic E-state index is 4.61. The van der Waals surface area contributed by atoms with Crippen LogP contribution in [0.4, 0.5) is 0 Å². The molecule has 0 aliphatic carbocycles. The van der Waals surface area contributed by atoms with Crippen LogP contribution in [-0.4, -0.2) is 35.1 Å². The summed E-state index contributed by atoms with van der Waals surface area (Å²) >= 11 is 1.77. The van der Waals surface area contributed by atoms with Gasteiger partial charge < -0.3 is 5.32 Å². The molecule has 0 unspecified atom stereocenters. The van der Waals surface area contributed by atoms with Crippen molar-refractivity contribution in [2.24, 2.45) is 0 Å². The largest absolute Gasteiger partial charge is 0.317 e. The van der Waals surface area contributed by atoms with Crippen molar-refractivity contribution < 1.29 is 0 Å². The molecule has 94 valence electrons. The van der Waals surface area contributed by atoms with E-state index >= 15 is 0 Å². The number of nitrogens with one attached hydrogen (secondary N) is 1. The molecule has 17 heavy (non-hydrogen) atoms. The third kappa shape index (κ3) is 2.26. The molecular formula is C13H21N3S. The Hall–Kier alpha value is -0.450. The fourth-order valence-corrected chi connectivity index (χ4v) is 3.98. The van der Waals surface area contributed by atoms with Crippen LogP contribution in [0.5, 0.6) is 0 Å². The van der Waals surface area contributed by atoms with Gasteiger partial charge in [0.1, 0.15) is 0 Å². The van der Waals surface area contributed by atoms with E-state index in [2.05, 4.69) is 27.5 Å². The van der Waals surface area contributed by atoms with E-state index in [1.54, 1.807) is 11.3 Å². The first-order chi connectivity index (χ1) is 8.28. The van der Waals surface area contributed by atoms with Crippen molar-refractivity contribution in [2.75, 3.05) is 19.6 Å². The van der Waals surface area contributed by atoms with E-state index in [-0.39, 0.29) is 0 Å². The van der Waals surface area contributed by atoms with Crippen LogP contribution in [0.25, 0.3) is 0 Å². The number of rotatable bonds is 2. The van der Waals surface area contributed by atoms with Crippen LogP contribution in [0.15, 0.2) is 5.38 Å². The fourth-order valence-electron chi connectivity index (χ4n) is 3.38. The maximum Gasteiger partial charge on any atom is 0.0897 e. The number of likely N-dealkylation sites (tertiary alicyclic amines) is 1. The predicted molar refractivity (Wildman–Crippen MR) is 71.3 cm³/mol. The summed E-state index contributed by atoms with van der Waals surface area (Å²) in [7, 11) is 0. The predicted octanol–water partition coefficient (Wildman–Crippen LogP) is 2.17. The molecule has 2 aliphatic heterocycles. The average Bonchev–Trinajstić information content (AvgIpc) is 2.90. The second-order valence-corrected chi connectivity index (χ2v) is 6.42. The van der Waals surface area contributed by atoms with Crippen molar-refractivity contribution in [3.05, 3.63) is 16.1 Å². The van der Waals surface area contributed by atoms with Crippen molar-refractivity contribution in [3.63, 3.8) is 0 Å². The molecule has 4 heteroatoms. The molecular weight excluding hydrogens is 230 g/mol. The van der Waals surface area contributed by atoms with Crippen molar-refractivity contribution in [1.82, 2.24) is 15.2 Å². The molecule has 0 amide bonds. The normalized spacial score (nSPS) is 24.5. The lowest BCUT2D eigenvalue weighted by Crippen LogP contribution is -2.50. The van der Waals surface area contributed by atoms with Crippen LogP contribution in [0, 0.1) is 6.92 Å². The van der Waals surface area contributed by atoms with Crippen LogP contribution < -0.4 is 5.32 Å². The summed E-state index contributed by atoms with van der Waals surface area (Å²) in [6.45, 7) is 6.79. The Balaban J connectivity index is 1.73. The molecule has 0 atom stereocenters. The Morgan fingerprint density at radius 1 is 1.41 bits per heavy atom. The van der Waals surface area contributed by atoms with Crippen LogP contribution >= 0.6 is 11.3 Å². The van der Waals surface area contributed by atoms with Gasteiger partial charge in [-0.05, 0) is 52.2 Å². The molecule has 2 saturated heterocycles. The minimum atomic E-state index is 0.489. The van der Waals surface area contributed by atoms with E-state index in [1.807, 2.05) is 0 Å². The van der Waals surface area contributed by atoms with Gasteiger partial charge in [0, 0.05) is 17.5 Å². The number of aromatic nitrogens is 1. The summed E-state index contributed by atoms with van der Waals surface area (Å²) < 4.78 is 0. The third-order valence-corrected chi connectivity index (χ3v) is 5.12. The van der Waals surface area contributed by atoms with Crippen molar-refractivity contribution >= 4 is 11.3 Å². The second-order valence-electron chi connectivity index (χ2n) is 5.36. The highest BCUT2D eigenvalue weighted by Gasteiger charge is 2.41. The molecule has 3 nitrogen and oxygen atoms in total. The number of thiazole rings is 1. The molecule has 0 radical (unpaired) electrons. The Kier molecular flexibility index (Phi) is 3.19. The highest BCUT2D eigenvalue weighted by molar-refractivity contribution is 7.09. The fraction of sp³-hybridized carbons (Fsp3) is 0.769. The number of piperidine rings is 1. The Labute approximate surface area is 107 Å². The SMILES string of the molecule is Cc1nc(CN2CCCC23CCNCC3)cs1. The minimum Gasteiger partial charge on any atom is -0.317 e. The molecule has 3 rings (SSSR count).